The summed E-state index contributed by atoms with van der Waals surface area (Å²) in [6.45, 7) is 7.69. The number of carbonyl (C=O) groups is 1. The molecule has 1 heterocycles. The SMILES string of the molecule is Cc1ccc([C@H](O)[C@@H]2C[C@H]3CCC[C@H]3N2C(=O)OC(C)(C)C)cc1. The molecule has 24 heavy (non-hydrogen) atoms. The number of nitrogens with zero attached hydrogens (tertiary/aromatic N) is 1. The quantitative estimate of drug-likeness (QED) is 0.883. The highest BCUT2D eigenvalue weighted by Gasteiger charge is 2.49. The number of aliphatic hydroxyl groups is 1. The van der Waals surface area contributed by atoms with Crippen LogP contribution in [0.4, 0.5) is 4.79 Å². The summed E-state index contributed by atoms with van der Waals surface area (Å²) in [5.74, 6) is 0.489. The maximum absolute atomic E-state index is 12.8. The largest absolute Gasteiger partial charge is 0.444 e. The molecule has 4 heteroatoms. The van der Waals surface area contributed by atoms with Gasteiger partial charge in [-0.1, -0.05) is 36.2 Å². The van der Waals surface area contributed by atoms with Gasteiger partial charge in [-0.25, -0.2) is 4.79 Å². The van der Waals surface area contributed by atoms with E-state index < -0.39 is 11.7 Å². The second-order valence-corrected chi connectivity index (χ2v) is 8.30. The van der Waals surface area contributed by atoms with Crippen molar-refractivity contribution in [3.05, 3.63) is 35.4 Å². The van der Waals surface area contributed by atoms with Crippen molar-refractivity contribution in [3.8, 4) is 0 Å². The fourth-order valence-electron chi connectivity index (χ4n) is 4.18. The molecule has 1 saturated heterocycles. The molecule has 132 valence electrons. The van der Waals surface area contributed by atoms with Crippen molar-refractivity contribution in [2.24, 2.45) is 5.92 Å². The topological polar surface area (TPSA) is 49.8 Å². The van der Waals surface area contributed by atoms with E-state index in [4.69, 9.17) is 4.74 Å². The Morgan fingerprint density at radius 2 is 1.92 bits per heavy atom. The molecule has 1 N–H and O–H groups in total. The molecule has 0 bridgehead atoms. The first-order valence-electron chi connectivity index (χ1n) is 9.02. The highest BCUT2D eigenvalue weighted by atomic mass is 16.6. The van der Waals surface area contributed by atoms with Crippen molar-refractivity contribution >= 4 is 6.09 Å². The standard InChI is InChI=1S/C20H29NO3/c1-13-8-10-14(11-9-13)18(22)17-12-15-6-5-7-16(15)21(17)19(23)24-20(2,3)4/h8-11,15-18,22H,5-7,12H2,1-4H3/t15-,16-,17+,18+/m1/s1. The number of ether oxygens (including phenoxy) is 1. The minimum Gasteiger partial charge on any atom is -0.444 e. The van der Waals surface area contributed by atoms with E-state index >= 15 is 0 Å². The molecule has 3 rings (SSSR count). The van der Waals surface area contributed by atoms with Crippen molar-refractivity contribution in [2.45, 2.75) is 77.2 Å². The first-order valence-corrected chi connectivity index (χ1v) is 9.02. The summed E-state index contributed by atoms with van der Waals surface area (Å²) < 4.78 is 5.64. The van der Waals surface area contributed by atoms with Crippen LogP contribution in [0.2, 0.25) is 0 Å². The predicted octanol–water partition coefficient (Wildman–Crippen LogP) is 4.21. The molecule has 1 aliphatic carbocycles. The lowest BCUT2D eigenvalue weighted by Gasteiger charge is -2.34. The fraction of sp³-hybridized carbons (Fsp3) is 0.650. The Morgan fingerprint density at radius 3 is 2.54 bits per heavy atom. The zero-order valence-corrected chi connectivity index (χ0v) is 15.2. The van der Waals surface area contributed by atoms with E-state index in [1.807, 2.05) is 56.9 Å². The Labute approximate surface area is 144 Å². The average molecular weight is 331 g/mol. The number of fused-ring (bicyclic) bond motifs is 1. The second-order valence-electron chi connectivity index (χ2n) is 8.30. The number of benzene rings is 1. The first-order chi connectivity index (χ1) is 11.3. The van der Waals surface area contributed by atoms with Gasteiger partial charge in [0.15, 0.2) is 0 Å². The Balaban J connectivity index is 1.84. The minimum atomic E-state index is -0.663. The van der Waals surface area contributed by atoms with Crippen molar-refractivity contribution in [2.75, 3.05) is 0 Å². The number of hydrogen-bond donors (Lipinski definition) is 1. The molecule has 1 aromatic carbocycles. The lowest BCUT2D eigenvalue weighted by Crippen LogP contribution is -2.46. The van der Waals surface area contributed by atoms with Gasteiger partial charge >= 0.3 is 6.09 Å². The average Bonchev–Trinajstić information content (AvgIpc) is 3.05. The monoisotopic (exact) mass is 331 g/mol. The molecule has 1 saturated carbocycles. The van der Waals surface area contributed by atoms with Crippen LogP contribution in [-0.4, -0.2) is 33.8 Å². The lowest BCUT2D eigenvalue weighted by atomic mass is 9.95. The first kappa shape index (κ1) is 17.3. The zero-order valence-electron chi connectivity index (χ0n) is 15.2. The van der Waals surface area contributed by atoms with Crippen LogP contribution >= 0.6 is 0 Å². The number of likely N-dealkylation sites (tertiary alicyclic amines) is 1. The van der Waals surface area contributed by atoms with Gasteiger partial charge in [0.25, 0.3) is 0 Å². The van der Waals surface area contributed by atoms with Gasteiger partial charge in [-0.3, -0.25) is 4.90 Å². The normalized spacial score (nSPS) is 27.9. The van der Waals surface area contributed by atoms with E-state index in [2.05, 4.69) is 0 Å². The number of hydrogen-bond acceptors (Lipinski definition) is 3. The van der Waals surface area contributed by atoms with E-state index in [9.17, 15) is 9.90 Å². The molecule has 1 aromatic rings. The third-order valence-corrected chi connectivity index (χ3v) is 5.27. The summed E-state index contributed by atoms with van der Waals surface area (Å²) in [7, 11) is 0. The van der Waals surface area contributed by atoms with Crippen molar-refractivity contribution in [3.63, 3.8) is 0 Å². The van der Waals surface area contributed by atoms with Crippen LogP contribution in [0.3, 0.4) is 0 Å². The van der Waals surface area contributed by atoms with Gasteiger partial charge in [-0.05, 0) is 58.4 Å². The number of amides is 1. The minimum absolute atomic E-state index is 0.196. The number of aliphatic hydroxyl groups excluding tert-OH is 1. The Morgan fingerprint density at radius 1 is 1.25 bits per heavy atom. The van der Waals surface area contributed by atoms with Crippen LogP contribution in [0.1, 0.15) is 63.7 Å². The van der Waals surface area contributed by atoms with E-state index in [-0.39, 0.29) is 18.2 Å². The predicted molar refractivity (Wildman–Crippen MR) is 93.7 cm³/mol. The van der Waals surface area contributed by atoms with Gasteiger partial charge < -0.3 is 9.84 Å². The molecule has 0 spiro atoms. The highest BCUT2D eigenvalue weighted by molar-refractivity contribution is 5.70. The summed E-state index contributed by atoms with van der Waals surface area (Å²) >= 11 is 0. The van der Waals surface area contributed by atoms with Crippen LogP contribution in [0, 0.1) is 12.8 Å². The molecule has 1 amide bonds. The molecule has 2 aliphatic rings. The van der Waals surface area contributed by atoms with Gasteiger partial charge in [0.2, 0.25) is 0 Å². The van der Waals surface area contributed by atoms with Crippen molar-refractivity contribution < 1.29 is 14.6 Å². The van der Waals surface area contributed by atoms with Crippen LogP contribution in [0.25, 0.3) is 0 Å². The van der Waals surface area contributed by atoms with Gasteiger partial charge in [0, 0.05) is 6.04 Å². The molecule has 0 radical (unpaired) electrons. The van der Waals surface area contributed by atoms with E-state index in [0.717, 1.165) is 31.2 Å². The summed E-state index contributed by atoms with van der Waals surface area (Å²) in [6, 6.07) is 7.95. The molecule has 1 aliphatic heterocycles. The van der Waals surface area contributed by atoms with Gasteiger partial charge in [0.1, 0.15) is 5.60 Å². The summed E-state index contributed by atoms with van der Waals surface area (Å²) in [5, 5.41) is 10.9. The third-order valence-electron chi connectivity index (χ3n) is 5.27. The van der Waals surface area contributed by atoms with Crippen LogP contribution in [0.5, 0.6) is 0 Å². The van der Waals surface area contributed by atoms with Crippen LogP contribution in [0.15, 0.2) is 24.3 Å². The van der Waals surface area contributed by atoms with Gasteiger partial charge in [-0.15, -0.1) is 0 Å². The van der Waals surface area contributed by atoms with Crippen LogP contribution < -0.4 is 0 Å². The maximum atomic E-state index is 12.8. The molecule has 4 nitrogen and oxygen atoms in total. The second kappa shape index (κ2) is 6.40. The Kier molecular flexibility index (Phi) is 4.60. The number of rotatable bonds is 2. The fourth-order valence-corrected chi connectivity index (χ4v) is 4.18. The van der Waals surface area contributed by atoms with Gasteiger partial charge in [-0.2, -0.15) is 0 Å². The third kappa shape index (κ3) is 3.44. The lowest BCUT2D eigenvalue weighted by molar-refractivity contribution is -0.00501. The number of aryl methyl sites for hydroxylation is 1. The van der Waals surface area contributed by atoms with Crippen molar-refractivity contribution in [1.29, 1.82) is 0 Å². The molecule has 4 atom stereocenters. The van der Waals surface area contributed by atoms with E-state index in [0.29, 0.717) is 5.92 Å². The van der Waals surface area contributed by atoms with E-state index in [1.54, 1.807) is 0 Å². The summed E-state index contributed by atoms with van der Waals surface area (Å²) in [5.41, 5.74) is 1.52. The Bertz CT molecular complexity index is 590. The maximum Gasteiger partial charge on any atom is 0.410 e. The summed E-state index contributed by atoms with van der Waals surface area (Å²) in [6.07, 6.45) is 3.22. The Hall–Kier alpha value is -1.55. The molecule has 0 unspecified atom stereocenters. The molecular formula is C20H29NO3. The van der Waals surface area contributed by atoms with Crippen molar-refractivity contribution in [1.82, 2.24) is 4.90 Å². The molecule has 2 fully saturated rings. The molecule has 0 aromatic heterocycles. The summed E-state index contributed by atoms with van der Waals surface area (Å²) in [4.78, 5) is 14.6. The van der Waals surface area contributed by atoms with Gasteiger partial charge in [0.05, 0.1) is 12.1 Å². The highest BCUT2D eigenvalue weighted by Crippen LogP contribution is 2.45. The van der Waals surface area contributed by atoms with E-state index in [1.165, 1.54) is 5.56 Å². The van der Waals surface area contributed by atoms with Crippen LogP contribution in [-0.2, 0) is 4.74 Å². The number of carbonyl (C=O) groups excluding carboxylic acids is 1. The smallest absolute Gasteiger partial charge is 0.410 e. The molecular weight excluding hydrogens is 302 g/mol. The zero-order chi connectivity index (χ0) is 17.5.